The highest BCUT2D eigenvalue weighted by Crippen LogP contribution is 2.28. The molecule has 0 radical (unpaired) electrons. The van der Waals surface area contributed by atoms with Gasteiger partial charge in [0.15, 0.2) is 0 Å². The van der Waals surface area contributed by atoms with Crippen LogP contribution in [0.4, 0.5) is 0 Å². The summed E-state index contributed by atoms with van der Waals surface area (Å²) < 4.78 is 5.58. The van der Waals surface area contributed by atoms with Gasteiger partial charge in [-0.2, -0.15) is 0 Å². The smallest absolute Gasteiger partial charge is 0.323 e. The average Bonchev–Trinajstić information content (AvgIpc) is 3.28. The summed E-state index contributed by atoms with van der Waals surface area (Å²) in [5, 5.41) is 8.95. The zero-order valence-electron chi connectivity index (χ0n) is 12.9. The van der Waals surface area contributed by atoms with Crippen molar-refractivity contribution in [1.29, 1.82) is 0 Å². The van der Waals surface area contributed by atoms with Crippen LogP contribution in [0, 0.1) is 0 Å². The maximum atomic E-state index is 12.5. The molecule has 1 aromatic rings. The van der Waals surface area contributed by atoms with Crippen LogP contribution in [-0.4, -0.2) is 41.1 Å². The molecule has 1 saturated carbocycles. The second-order valence-corrected chi connectivity index (χ2v) is 5.68. The predicted molar refractivity (Wildman–Crippen MR) is 83.1 cm³/mol. The van der Waals surface area contributed by atoms with E-state index < -0.39 is 5.97 Å². The minimum atomic E-state index is -0.990. The van der Waals surface area contributed by atoms with Crippen LogP contribution in [0.3, 0.4) is 0 Å². The number of rotatable bonds is 7. The number of carbonyl (C=O) groups is 2. The zero-order chi connectivity index (χ0) is 16.1. The lowest BCUT2D eigenvalue weighted by Gasteiger charge is -2.20. The number of carboxylic acid groups (broad SMARTS) is 1. The number of amides is 1. The van der Waals surface area contributed by atoms with Gasteiger partial charge >= 0.3 is 5.97 Å². The van der Waals surface area contributed by atoms with E-state index >= 15 is 0 Å². The fourth-order valence-electron chi connectivity index (χ4n) is 2.09. The molecule has 1 fully saturated rings. The van der Waals surface area contributed by atoms with Crippen molar-refractivity contribution in [3.8, 4) is 5.75 Å². The normalized spacial score (nSPS) is 13.4. The van der Waals surface area contributed by atoms with E-state index in [9.17, 15) is 9.59 Å². The van der Waals surface area contributed by atoms with Gasteiger partial charge in [-0.15, -0.1) is 0 Å². The maximum absolute atomic E-state index is 12.5. The van der Waals surface area contributed by atoms with Gasteiger partial charge in [0.2, 0.25) is 0 Å². The van der Waals surface area contributed by atoms with Crippen LogP contribution >= 0.6 is 0 Å². The Balaban J connectivity index is 2.08. The Morgan fingerprint density at radius 3 is 2.68 bits per heavy atom. The minimum absolute atomic E-state index is 0.0545. The largest absolute Gasteiger partial charge is 0.490 e. The summed E-state index contributed by atoms with van der Waals surface area (Å²) in [7, 11) is 0. The number of hydrogen-bond acceptors (Lipinski definition) is 3. The predicted octanol–water partition coefficient (Wildman–Crippen LogP) is 2.72. The van der Waals surface area contributed by atoms with E-state index in [0.717, 1.165) is 18.4 Å². The SMILES string of the molecule is CC(C)=CCOc1cccc(C(=O)N(CC(=O)O)C2CC2)c1. The molecule has 0 aromatic heterocycles. The molecular weight excluding hydrogens is 282 g/mol. The van der Waals surface area contributed by atoms with E-state index in [1.807, 2.05) is 19.9 Å². The van der Waals surface area contributed by atoms with Gasteiger partial charge in [-0.05, 0) is 51.0 Å². The van der Waals surface area contributed by atoms with Crippen molar-refractivity contribution in [2.75, 3.05) is 13.2 Å². The summed E-state index contributed by atoms with van der Waals surface area (Å²) in [5.41, 5.74) is 1.62. The van der Waals surface area contributed by atoms with Crippen LogP contribution in [0.2, 0.25) is 0 Å². The lowest BCUT2D eigenvalue weighted by molar-refractivity contribution is -0.137. The quantitative estimate of drug-likeness (QED) is 0.787. The molecule has 0 atom stereocenters. The third-order valence-electron chi connectivity index (χ3n) is 3.38. The number of aliphatic carboxylic acids is 1. The molecule has 0 bridgehead atoms. The summed E-state index contributed by atoms with van der Waals surface area (Å²) in [6.07, 6.45) is 3.70. The number of carbonyl (C=O) groups excluding carboxylic acids is 1. The van der Waals surface area contributed by atoms with Crippen molar-refractivity contribution in [3.63, 3.8) is 0 Å². The molecule has 5 heteroatoms. The molecule has 2 rings (SSSR count). The standard InChI is InChI=1S/C17H21NO4/c1-12(2)8-9-22-15-5-3-4-13(10-15)17(21)18(11-16(19)20)14-6-7-14/h3-5,8,10,14H,6-7,9,11H2,1-2H3,(H,19,20). The molecule has 0 heterocycles. The van der Waals surface area contributed by atoms with Crippen LogP contribution in [-0.2, 0) is 4.79 Å². The Morgan fingerprint density at radius 2 is 2.09 bits per heavy atom. The van der Waals surface area contributed by atoms with Crippen molar-refractivity contribution < 1.29 is 19.4 Å². The number of nitrogens with zero attached hydrogens (tertiary/aromatic N) is 1. The monoisotopic (exact) mass is 303 g/mol. The van der Waals surface area contributed by atoms with Gasteiger partial charge in [0.25, 0.3) is 5.91 Å². The molecule has 118 valence electrons. The van der Waals surface area contributed by atoms with E-state index in [0.29, 0.717) is 17.9 Å². The van der Waals surface area contributed by atoms with Crippen LogP contribution in [0.1, 0.15) is 37.0 Å². The summed E-state index contributed by atoms with van der Waals surface area (Å²) in [4.78, 5) is 24.8. The van der Waals surface area contributed by atoms with E-state index in [1.54, 1.807) is 24.3 Å². The average molecular weight is 303 g/mol. The molecule has 0 spiro atoms. The molecule has 1 aliphatic rings. The van der Waals surface area contributed by atoms with Crippen LogP contribution < -0.4 is 4.74 Å². The number of ether oxygens (including phenoxy) is 1. The molecule has 0 unspecified atom stereocenters. The Bertz CT molecular complexity index is 586. The second kappa shape index (κ2) is 7.11. The zero-order valence-corrected chi connectivity index (χ0v) is 12.9. The third kappa shape index (κ3) is 4.62. The summed E-state index contributed by atoms with van der Waals surface area (Å²) in [5.74, 6) is -0.636. The summed E-state index contributed by atoms with van der Waals surface area (Å²) in [6, 6.07) is 6.94. The number of benzene rings is 1. The summed E-state index contributed by atoms with van der Waals surface area (Å²) in [6.45, 7) is 4.17. The van der Waals surface area contributed by atoms with Crippen molar-refractivity contribution in [3.05, 3.63) is 41.5 Å². The Labute approximate surface area is 130 Å². The molecule has 0 aliphatic heterocycles. The van der Waals surface area contributed by atoms with Crippen LogP contribution in [0.25, 0.3) is 0 Å². The summed E-state index contributed by atoms with van der Waals surface area (Å²) >= 11 is 0. The number of allylic oxidation sites excluding steroid dienone is 1. The van der Waals surface area contributed by atoms with Gasteiger partial charge in [0.05, 0.1) is 0 Å². The van der Waals surface area contributed by atoms with Crippen LogP contribution in [0.15, 0.2) is 35.9 Å². The first-order chi connectivity index (χ1) is 10.5. The minimum Gasteiger partial charge on any atom is -0.490 e. The van der Waals surface area contributed by atoms with E-state index in [2.05, 4.69) is 0 Å². The topological polar surface area (TPSA) is 66.8 Å². The van der Waals surface area contributed by atoms with Gasteiger partial charge in [0, 0.05) is 11.6 Å². The third-order valence-corrected chi connectivity index (χ3v) is 3.38. The van der Waals surface area contributed by atoms with Gasteiger partial charge in [-0.1, -0.05) is 11.6 Å². The lowest BCUT2D eigenvalue weighted by atomic mass is 10.2. The van der Waals surface area contributed by atoms with Gasteiger partial charge in [0.1, 0.15) is 18.9 Å². The molecule has 22 heavy (non-hydrogen) atoms. The Kier molecular flexibility index (Phi) is 5.20. The fraction of sp³-hybridized carbons (Fsp3) is 0.412. The highest BCUT2D eigenvalue weighted by molar-refractivity contribution is 5.96. The molecule has 1 aliphatic carbocycles. The van der Waals surface area contributed by atoms with Crippen molar-refractivity contribution in [2.45, 2.75) is 32.7 Å². The second-order valence-electron chi connectivity index (χ2n) is 5.68. The van der Waals surface area contributed by atoms with E-state index in [1.165, 1.54) is 4.90 Å². The number of carboxylic acids is 1. The fourth-order valence-corrected chi connectivity index (χ4v) is 2.09. The number of hydrogen-bond donors (Lipinski definition) is 1. The highest BCUT2D eigenvalue weighted by atomic mass is 16.5. The molecule has 1 N–H and O–H groups in total. The Morgan fingerprint density at radius 1 is 1.36 bits per heavy atom. The van der Waals surface area contributed by atoms with Crippen LogP contribution in [0.5, 0.6) is 5.75 Å². The first-order valence-corrected chi connectivity index (χ1v) is 7.36. The Hall–Kier alpha value is -2.30. The van der Waals surface area contributed by atoms with E-state index in [-0.39, 0.29) is 18.5 Å². The molecule has 5 nitrogen and oxygen atoms in total. The molecule has 0 saturated heterocycles. The first-order valence-electron chi connectivity index (χ1n) is 7.36. The van der Waals surface area contributed by atoms with Crippen molar-refractivity contribution >= 4 is 11.9 Å². The van der Waals surface area contributed by atoms with Crippen molar-refractivity contribution in [2.24, 2.45) is 0 Å². The lowest BCUT2D eigenvalue weighted by Crippen LogP contribution is -2.37. The molecular formula is C17H21NO4. The first kappa shape index (κ1) is 16.1. The highest BCUT2D eigenvalue weighted by Gasteiger charge is 2.34. The maximum Gasteiger partial charge on any atom is 0.323 e. The molecule has 1 amide bonds. The van der Waals surface area contributed by atoms with E-state index in [4.69, 9.17) is 9.84 Å². The van der Waals surface area contributed by atoms with Gasteiger partial charge in [-0.25, -0.2) is 0 Å². The van der Waals surface area contributed by atoms with Gasteiger partial charge in [-0.3, -0.25) is 9.59 Å². The van der Waals surface area contributed by atoms with Crippen molar-refractivity contribution in [1.82, 2.24) is 4.90 Å². The molecule has 1 aromatic carbocycles. The van der Waals surface area contributed by atoms with Gasteiger partial charge < -0.3 is 14.7 Å².